The third-order valence-electron chi connectivity index (χ3n) is 5.29. The first-order valence-electron chi connectivity index (χ1n) is 10.1. The van der Waals surface area contributed by atoms with Crippen molar-refractivity contribution in [2.24, 2.45) is 11.1 Å². The molecule has 1 aliphatic heterocycles. The molecule has 1 saturated carbocycles. The maximum atomic E-state index is 12.7. The standard InChI is InChI=1S/C22H26N2O4.CH3NO/c1-3-27-21(26)18-13-22(2)14-19(22)24(18)20(25)12-8-7-11-17(15-23)28-16-9-5-4-6-10-16;2-1-3/h4-11,15,18-19,23H,3,12-14H2,1-2H3;1H,(H2,2,3)/b8-7+,17-11+,23-15?;/t18?,19?,22-;/m1./s1. The second-order valence-corrected chi connectivity index (χ2v) is 7.54. The van der Waals surface area contributed by atoms with Crippen molar-refractivity contribution < 1.29 is 23.9 Å². The minimum atomic E-state index is -0.473. The van der Waals surface area contributed by atoms with Gasteiger partial charge in [0.25, 0.3) is 0 Å². The number of piperidine rings is 1. The monoisotopic (exact) mass is 427 g/mol. The molecule has 2 amide bonds. The molecule has 1 heterocycles. The summed E-state index contributed by atoms with van der Waals surface area (Å²) < 4.78 is 10.7. The van der Waals surface area contributed by atoms with E-state index in [2.05, 4.69) is 12.7 Å². The molecule has 1 aromatic rings. The van der Waals surface area contributed by atoms with E-state index in [0.717, 1.165) is 12.6 Å². The second-order valence-electron chi connectivity index (χ2n) is 7.54. The predicted molar refractivity (Wildman–Crippen MR) is 116 cm³/mol. The zero-order valence-corrected chi connectivity index (χ0v) is 17.8. The highest BCUT2D eigenvalue weighted by Crippen LogP contribution is 2.59. The zero-order valence-electron chi connectivity index (χ0n) is 17.8. The first-order chi connectivity index (χ1) is 14.9. The summed E-state index contributed by atoms with van der Waals surface area (Å²) in [5.41, 5.74) is 4.22. The van der Waals surface area contributed by atoms with Crippen LogP contribution in [0.4, 0.5) is 0 Å². The summed E-state index contributed by atoms with van der Waals surface area (Å²) >= 11 is 0. The molecule has 0 bridgehead atoms. The van der Waals surface area contributed by atoms with Gasteiger partial charge in [0, 0.05) is 12.5 Å². The minimum Gasteiger partial charge on any atom is -0.464 e. The fourth-order valence-electron chi connectivity index (χ4n) is 3.75. The number of esters is 1. The maximum Gasteiger partial charge on any atom is 0.328 e. The molecule has 1 aliphatic carbocycles. The molecule has 31 heavy (non-hydrogen) atoms. The third-order valence-corrected chi connectivity index (χ3v) is 5.29. The van der Waals surface area contributed by atoms with Crippen molar-refractivity contribution in [3.8, 4) is 5.75 Å². The van der Waals surface area contributed by atoms with Crippen LogP contribution in [0, 0.1) is 10.8 Å². The number of hydrogen-bond donors (Lipinski definition) is 2. The fourth-order valence-corrected chi connectivity index (χ4v) is 3.75. The number of amides is 2. The molecule has 0 aromatic heterocycles. The lowest BCUT2D eigenvalue weighted by Crippen LogP contribution is -2.43. The number of carbonyl (C=O) groups is 3. The van der Waals surface area contributed by atoms with Crippen molar-refractivity contribution in [2.45, 2.75) is 45.2 Å². The number of nitrogens with zero attached hydrogens (tertiary/aromatic N) is 1. The lowest BCUT2D eigenvalue weighted by Gasteiger charge is -2.25. The van der Waals surface area contributed by atoms with Gasteiger partial charge in [-0.25, -0.2) is 4.79 Å². The van der Waals surface area contributed by atoms with Crippen LogP contribution >= 0.6 is 0 Å². The van der Waals surface area contributed by atoms with E-state index in [0.29, 0.717) is 24.5 Å². The third kappa shape index (κ3) is 6.28. The average molecular weight is 428 g/mol. The molecular weight excluding hydrogens is 398 g/mol. The molecule has 1 aromatic carbocycles. The number of carbonyl (C=O) groups excluding carboxylic acids is 3. The Kier molecular flexibility index (Phi) is 8.54. The van der Waals surface area contributed by atoms with Crippen LogP contribution in [0.15, 0.2) is 54.3 Å². The number of rotatable bonds is 8. The molecule has 8 nitrogen and oxygen atoms in total. The van der Waals surface area contributed by atoms with E-state index in [1.165, 1.54) is 0 Å². The number of ether oxygens (including phenoxy) is 2. The number of hydrogen-bond acceptors (Lipinski definition) is 6. The van der Waals surface area contributed by atoms with Gasteiger partial charge in [0.05, 0.1) is 12.8 Å². The van der Waals surface area contributed by atoms with Crippen LogP contribution < -0.4 is 10.5 Å². The Labute approximate surface area is 182 Å². The number of benzene rings is 1. The molecule has 1 saturated heterocycles. The Bertz CT molecular complexity index is 852. The first-order valence-corrected chi connectivity index (χ1v) is 10.1. The number of nitrogens with two attached hydrogens (primary N) is 1. The van der Waals surface area contributed by atoms with Crippen molar-refractivity contribution in [1.82, 2.24) is 4.90 Å². The van der Waals surface area contributed by atoms with Crippen molar-refractivity contribution in [3.05, 3.63) is 54.3 Å². The van der Waals surface area contributed by atoms with E-state index >= 15 is 0 Å². The minimum absolute atomic E-state index is 0.0492. The number of fused-ring (bicyclic) bond motifs is 1. The summed E-state index contributed by atoms with van der Waals surface area (Å²) in [5, 5.41) is 7.45. The van der Waals surface area contributed by atoms with Crippen LogP contribution in [0.5, 0.6) is 5.75 Å². The van der Waals surface area contributed by atoms with Crippen LogP contribution in [-0.2, 0) is 19.1 Å². The molecule has 8 heteroatoms. The number of para-hydroxylation sites is 1. The molecule has 3 N–H and O–H groups in total. The normalized spacial score (nSPS) is 23.9. The van der Waals surface area contributed by atoms with E-state index < -0.39 is 6.04 Å². The molecule has 0 radical (unpaired) electrons. The van der Waals surface area contributed by atoms with E-state index in [9.17, 15) is 9.59 Å². The summed E-state index contributed by atoms with van der Waals surface area (Å²) in [6.07, 6.45) is 8.24. The molecule has 0 spiro atoms. The van der Waals surface area contributed by atoms with Gasteiger partial charge in [-0.3, -0.25) is 9.59 Å². The SMILES string of the molecule is CCOC(=O)C1C[C@]2(C)CC2N1C(=O)C/C=C/C=C(\C=N)Oc1ccccc1.NC=O. The summed E-state index contributed by atoms with van der Waals surface area (Å²) in [5.74, 6) is 0.629. The van der Waals surface area contributed by atoms with E-state index in [1.54, 1.807) is 42.2 Å². The Hall–Kier alpha value is -3.42. The Morgan fingerprint density at radius 1 is 1.29 bits per heavy atom. The molecule has 2 unspecified atom stereocenters. The number of primary amides is 1. The molecular formula is C23H29N3O5. The van der Waals surface area contributed by atoms with E-state index in [1.807, 2.05) is 18.2 Å². The quantitative estimate of drug-likeness (QED) is 0.217. The smallest absolute Gasteiger partial charge is 0.328 e. The Balaban J connectivity index is 0.00000107. The van der Waals surface area contributed by atoms with Crippen molar-refractivity contribution >= 4 is 24.5 Å². The molecule has 2 fully saturated rings. The van der Waals surface area contributed by atoms with Gasteiger partial charge in [-0.1, -0.05) is 37.3 Å². The number of likely N-dealkylation sites (tertiary alicyclic amines) is 1. The molecule has 166 valence electrons. The zero-order chi connectivity index (χ0) is 22.9. The van der Waals surface area contributed by atoms with E-state index in [-0.39, 0.29) is 36.2 Å². The van der Waals surface area contributed by atoms with Gasteiger partial charge >= 0.3 is 5.97 Å². The topological polar surface area (TPSA) is 123 Å². The first kappa shape index (κ1) is 23.9. The van der Waals surface area contributed by atoms with Gasteiger partial charge in [0.2, 0.25) is 12.3 Å². The van der Waals surface area contributed by atoms with Gasteiger partial charge in [-0.15, -0.1) is 0 Å². The summed E-state index contributed by atoms with van der Waals surface area (Å²) in [6.45, 7) is 4.21. The van der Waals surface area contributed by atoms with Crippen molar-refractivity contribution in [2.75, 3.05) is 6.61 Å². The summed E-state index contributed by atoms with van der Waals surface area (Å²) in [7, 11) is 0. The van der Waals surface area contributed by atoms with Crippen molar-refractivity contribution in [3.63, 3.8) is 0 Å². The second kappa shape index (κ2) is 11.1. The lowest BCUT2D eigenvalue weighted by molar-refractivity contribution is -0.153. The van der Waals surface area contributed by atoms with Crippen molar-refractivity contribution in [1.29, 1.82) is 5.41 Å². The Morgan fingerprint density at radius 2 is 1.97 bits per heavy atom. The van der Waals surface area contributed by atoms with E-state index in [4.69, 9.17) is 19.7 Å². The molecule has 3 atom stereocenters. The number of nitrogens with one attached hydrogen (secondary N) is 1. The number of allylic oxidation sites excluding steroid dienone is 3. The average Bonchev–Trinajstić information content (AvgIpc) is 3.32. The highest BCUT2D eigenvalue weighted by Gasteiger charge is 2.64. The largest absolute Gasteiger partial charge is 0.464 e. The highest BCUT2D eigenvalue weighted by molar-refractivity contribution is 5.87. The van der Waals surface area contributed by atoms with Crippen LogP contribution in [0.2, 0.25) is 0 Å². The summed E-state index contributed by atoms with van der Waals surface area (Å²) in [4.78, 5) is 35.2. The lowest BCUT2D eigenvalue weighted by atomic mass is 10.0. The molecule has 3 rings (SSSR count). The van der Waals surface area contributed by atoms with Gasteiger partial charge in [-0.2, -0.15) is 0 Å². The summed E-state index contributed by atoms with van der Waals surface area (Å²) in [6, 6.07) is 8.87. The Morgan fingerprint density at radius 3 is 2.58 bits per heavy atom. The van der Waals surface area contributed by atoms with Gasteiger partial charge < -0.3 is 25.5 Å². The fraction of sp³-hybridized carbons (Fsp3) is 0.391. The van der Waals surface area contributed by atoms with Crippen LogP contribution in [0.1, 0.15) is 33.1 Å². The highest BCUT2D eigenvalue weighted by atomic mass is 16.5. The van der Waals surface area contributed by atoms with Crippen LogP contribution in [-0.4, -0.2) is 48.1 Å². The van der Waals surface area contributed by atoms with Gasteiger partial charge in [-0.05, 0) is 43.4 Å². The molecule has 2 aliphatic rings. The maximum absolute atomic E-state index is 12.7. The van der Waals surface area contributed by atoms with Crippen LogP contribution in [0.25, 0.3) is 0 Å². The van der Waals surface area contributed by atoms with Crippen LogP contribution in [0.3, 0.4) is 0 Å². The van der Waals surface area contributed by atoms with Gasteiger partial charge in [0.1, 0.15) is 17.6 Å². The van der Waals surface area contributed by atoms with Gasteiger partial charge in [0.15, 0.2) is 0 Å². The predicted octanol–water partition coefficient (Wildman–Crippen LogP) is 2.59.